The summed E-state index contributed by atoms with van der Waals surface area (Å²) in [4.78, 5) is 23.9. The molecular formula is C21H21Cl2NO5. The first-order valence-corrected chi connectivity index (χ1v) is 9.54. The van der Waals surface area contributed by atoms with Gasteiger partial charge in [-0.25, -0.2) is 4.79 Å². The lowest BCUT2D eigenvalue weighted by molar-refractivity contribution is -0.139. The molecule has 2 N–H and O–H groups in total. The predicted molar refractivity (Wildman–Crippen MR) is 113 cm³/mol. The van der Waals surface area contributed by atoms with Crippen molar-refractivity contribution < 1.29 is 24.2 Å². The number of hydrogen-bond donors (Lipinski definition) is 2. The zero-order chi connectivity index (χ0) is 21.2. The van der Waals surface area contributed by atoms with Crippen molar-refractivity contribution in [1.29, 1.82) is 0 Å². The van der Waals surface area contributed by atoms with E-state index in [2.05, 4.69) is 5.32 Å². The maximum Gasteiger partial charge on any atom is 0.326 e. The van der Waals surface area contributed by atoms with Gasteiger partial charge in [-0.1, -0.05) is 53.6 Å². The van der Waals surface area contributed by atoms with Crippen LogP contribution in [0.3, 0.4) is 0 Å². The van der Waals surface area contributed by atoms with Gasteiger partial charge >= 0.3 is 5.97 Å². The zero-order valence-electron chi connectivity index (χ0n) is 15.7. The van der Waals surface area contributed by atoms with Gasteiger partial charge in [-0.2, -0.15) is 0 Å². The van der Waals surface area contributed by atoms with Crippen LogP contribution in [0.4, 0.5) is 0 Å². The van der Waals surface area contributed by atoms with Gasteiger partial charge in [0.2, 0.25) is 0 Å². The molecule has 0 aromatic heterocycles. The van der Waals surface area contributed by atoms with E-state index in [0.29, 0.717) is 19.0 Å². The van der Waals surface area contributed by atoms with Crippen molar-refractivity contribution in [2.75, 3.05) is 20.3 Å². The highest BCUT2D eigenvalue weighted by molar-refractivity contribution is 6.39. The van der Waals surface area contributed by atoms with E-state index in [1.165, 1.54) is 12.1 Å². The van der Waals surface area contributed by atoms with Gasteiger partial charge in [-0.05, 0) is 36.2 Å². The maximum atomic E-state index is 12.4. The molecule has 1 unspecified atom stereocenters. The average Bonchev–Trinajstić information content (AvgIpc) is 2.68. The minimum atomic E-state index is -1.16. The fourth-order valence-electron chi connectivity index (χ4n) is 2.42. The lowest BCUT2D eigenvalue weighted by atomic mass is 10.1. The van der Waals surface area contributed by atoms with E-state index in [9.17, 15) is 14.7 Å². The Bertz CT molecular complexity index is 848. The zero-order valence-corrected chi connectivity index (χ0v) is 17.2. The summed E-state index contributed by atoms with van der Waals surface area (Å²) in [6.07, 6.45) is 3.53. The number of aliphatic carboxylic acids is 1. The van der Waals surface area contributed by atoms with Crippen molar-refractivity contribution in [3.8, 4) is 5.75 Å². The van der Waals surface area contributed by atoms with E-state index in [4.69, 9.17) is 32.7 Å². The third-order valence-corrected chi connectivity index (χ3v) is 4.54. The number of nitrogens with one attached hydrogen (secondary N) is 1. The highest BCUT2D eigenvalue weighted by Crippen LogP contribution is 2.24. The van der Waals surface area contributed by atoms with Crippen LogP contribution < -0.4 is 10.1 Å². The fraction of sp³-hybridized carbons (Fsp3) is 0.238. The second kappa shape index (κ2) is 11.5. The number of halogens is 2. The molecular weight excluding hydrogens is 417 g/mol. The van der Waals surface area contributed by atoms with Gasteiger partial charge in [0, 0.05) is 7.11 Å². The number of amides is 1. The molecule has 2 aromatic carbocycles. The monoisotopic (exact) mass is 437 g/mol. The first kappa shape index (κ1) is 22.7. The van der Waals surface area contributed by atoms with Gasteiger partial charge in [-0.3, -0.25) is 4.79 Å². The maximum absolute atomic E-state index is 12.4. The van der Waals surface area contributed by atoms with Crippen LogP contribution in [0.1, 0.15) is 22.3 Å². The number of ether oxygens (including phenoxy) is 2. The number of carbonyl (C=O) groups is 2. The summed E-state index contributed by atoms with van der Waals surface area (Å²) in [6, 6.07) is 10.8. The van der Waals surface area contributed by atoms with Crippen molar-refractivity contribution >= 4 is 41.2 Å². The highest BCUT2D eigenvalue weighted by Gasteiger charge is 2.22. The van der Waals surface area contributed by atoms with Gasteiger partial charge in [0.15, 0.2) is 0 Å². The van der Waals surface area contributed by atoms with Gasteiger partial charge in [-0.15, -0.1) is 0 Å². The Labute approximate surface area is 179 Å². The highest BCUT2D eigenvalue weighted by atomic mass is 35.5. The molecule has 0 heterocycles. The Morgan fingerprint density at radius 1 is 1.10 bits per heavy atom. The molecule has 1 atom stereocenters. The summed E-state index contributed by atoms with van der Waals surface area (Å²) >= 11 is 12.0. The Balaban J connectivity index is 1.97. The van der Waals surface area contributed by atoms with Gasteiger partial charge in [0.25, 0.3) is 5.91 Å². The average molecular weight is 438 g/mol. The van der Waals surface area contributed by atoms with Gasteiger partial charge in [0.05, 0.1) is 22.2 Å². The minimum absolute atomic E-state index is 0.0510. The van der Waals surface area contributed by atoms with Crippen molar-refractivity contribution in [2.24, 2.45) is 0 Å². The predicted octanol–water partition coefficient (Wildman–Crippen LogP) is 4.31. The van der Waals surface area contributed by atoms with Crippen LogP contribution in [0.2, 0.25) is 10.0 Å². The van der Waals surface area contributed by atoms with E-state index in [-0.39, 0.29) is 22.0 Å². The SMILES string of the molecule is COCCOc1ccc(/C=C/CC(NC(=O)c2c(Cl)cccc2Cl)C(=O)O)cc1. The normalized spacial score (nSPS) is 12.0. The molecule has 2 rings (SSSR count). The molecule has 0 spiro atoms. The molecule has 0 aliphatic carbocycles. The Morgan fingerprint density at radius 3 is 2.34 bits per heavy atom. The number of rotatable bonds is 10. The van der Waals surface area contributed by atoms with Crippen molar-refractivity contribution in [1.82, 2.24) is 5.32 Å². The second-order valence-electron chi connectivity index (χ2n) is 6.01. The van der Waals surface area contributed by atoms with Crippen molar-refractivity contribution in [3.05, 3.63) is 69.7 Å². The summed E-state index contributed by atoms with van der Waals surface area (Å²) in [7, 11) is 1.60. The van der Waals surface area contributed by atoms with E-state index in [1.54, 1.807) is 25.3 Å². The lowest BCUT2D eigenvalue weighted by Crippen LogP contribution is -2.40. The molecule has 1 amide bonds. The smallest absolute Gasteiger partial charge is 0.326 e. The molecule has 8 heteroatoms. The molecule has 0 saturated carbocycles. The third kappa shape index (κ3) is 7.09. The molecule has 0 bridgehead atoms. The van der Waals surface area contributed by atoms with E-state index in [1.807, 2.05) is 24.3 Å². The molecule has 2 aromatic rings. The van der Waals surface area contributed by atoms with Crippen LogP contribution in [-0.4, -0.2) is 43.3 Å². The van der Waals surface area contributed by atoms with E-state index < -0.39 is 17.9 Å². The first-order chi connectivity index (χ1) is 13.9. The summed E-state index contributed by atoms with van der Waals surface area (Å²) in [5, 5.41) is 12.2. The van der Waals surface area contributed by atoms with Crippen LogP contribution in [0.25, 0.3) is 6.08 Å². The summed E-state index contributed by atoms with van der Waals surface area (Å²) < 4.78 is 10.4. The van der Waals surface area contributed by atoms with Crippen LogP contribution in [-0.2, 0) is 9.53 Å². The number of carboxylic acids is 1. The summed E-state index contributed by atoms with van der Waals surface area (Å²) in [5.74, 6) is -1.08. The number of carbonyl (C=O) groups excluding carboxylic acids is 1. The molecule has 29 heavy (non-hydrogen) atoms. The molecule has 0 fully saturated rings. The molecule has 0 saturated heterocycles. The molecule has 0 aliphatic rings. The minimum Gasteiger partial charge on any atom is -0.491 e. The van der Waals surface area contributed by atoms with E-state index >= 15 is 0 Å². The molecule has 0 aliphatic heterocycles. The first-order valence-electron chi connectivity index (χ1n) is 8.78. The third-order valence-electron chi connectivity index (χ3n) is 3.91. The van der Waals surface area contributed by atoms with Gasteiger partial charge < -0.3 is 19.9 Å². The second-order valence-corrected chi connectivity index (χ2v) is 6.82. The lowest BCUT2D eigenvalue weighted by Gasteiger charge is -2.14. The van der Waals surface area contributed by atoms with Crippen molar-refractivity contribution in [3.63, 3.8) is 0 Å². The van der Waals surface area contributed by atoms with Crippen LogP contribution >= 0.6 is 23.2 Å². The topological polar surface area (TPSA) is 84.9 Å². The molecule has 0 radical (unpaired) electrons. The Kier molecular flexibility index (Phi) is 8.99. The van der Waals surface area contributed by atoms with Gasteiger partial charge in [0.1, 0.15) is 18.4 Å². The molecule has 6 nitrogen and oxygen atoms in total. The number of methoxy groups -OCH3 is 1. The largest absolute Gasteiger partial charge is 0.491 e. The Morgan fingerprint density at radius 2 is 1.76 bits per heavy atom. The summed E-state index contributed by atoms with van der Waals surface area (Å²) in [5.41, 5.74) is 0.920. The summed E-state index contributed by atoms with van der Waals surface area (Å²) in [6.45, 7) is 0.963. The number of hydrogen-bond acceptors (Lipinski definition) is 4. The van der Waals surface area contributed by atoms with Crippen LogP contribution in [0.15, 0.2) is 48.5 Å². The number of benzene rings is 2. The van der Waals surface area contributed by atoms with Crippen molar-refractivity contribution in [2.45, 2.75) is 12.5 Å². The quantitative estimate of drug-likeness (QED) is 0.541. The Hall–Kier alpha value is -2.54. The van der Waals surface area contributed by atoms with Crippen LogP contribution in [0, 0.1) is 0 Å². The number of carboxylic acid groups (broad SMARTS) is 1. The van der Waals surface area contributed by atoms with Crippen LogP contribution in [0.5, 0.6) is 5.75 Å². The standard InChI is InChI=1S/C21H21Cl2NO5/c1-28-12-13-29-15-10-8-14(9-11-15)4-2-7-18(21(26)27)24-20(25)19-16(22)5-3-6-17(19)23/h2-6,8-11,18H,7,12-13H2,1H3,(H,24,25)(H,26,27)/b4-2+. The molecule has 154 valence electrons. The van der Waals surface area contributed by atoms with E-state index in [0.717, 1.165) is 5.56 Å². The fourth-order valence-corrected chi connectivity index (χ4v) is 2.99.